The molecule has 0 heterocycles. The van der Waals surface area contributed by atoms with Crippen LogP contribution in [0.5, 0.6) is 0 Å². The highest BCUT2D eigenvalue weighted by molar-refractivity contribution is 6.74. The van der Waals surface area contributed by atoms with Gasteiger partial charge in [-0.15, -0.1) is 0 Å². The normalized spacial score (nSPS) is 13.7. The third-order valence-corrected chi connectivity index (χ3v) is 9.44. The maximum atomic E-state index is 12.1. The van der Waals surface area contributed by atoms with Crippen LogP contribution in [-0.2, 0) is 13.9 Å². The first-order valence-electron chi connectivity index (χ1n) is 11.6. The van der Waals surface area contributed by atoms with Gasteiger partial charge in [0.2, 0.25) is 5.96 Å². The minimum Gasteiger partial charge on any atom is -0.444 e. The molecule has 1 unspecified atom stereocenters. The Labute approximate surface area is 201 Å². The molecule has 0 aliphatic heterocycles. The van der Waals surface area contributed by atoms with Crippen molar-refractivity contribution in [2.45, 2.75) is 117 Å². The first-order chi connectivity index (χ1) is 14.7. The van der Waals surface area contributed by atoms with Crippen molar-refractivity contribution < 1.29 is 28.6 Å². The lowest BCUT2D eigenvalue weighted by Crippen LogP contribution is -2.47. The number of unbranched alkanes of at least 4 members (excludes halogenated alkanes) is 1. The van der Waals surface area contributed by atoms with Crippen molar-refractivity contribution in [1.29, 1.82) is 0 Å². The molecule has 0 aromatic heterocycles. The van der Waals surface area contributed by atoms with Crippen LogP contribution in [0.15, 0.2) is 4.99 Å². The largest absolute Gasteiger partial charge is 0.444 e. The van der Waals surface area contributed by atoms with Gasteiger partial charge in [0, 0.05) is 6.61 Å². The van der Waals surface area contributed by atoms with Gasteiger partial charge in [0.15, 0.2) is 8.32 Å². The van der Waals surface area contributed by atoms with Crippen molar-refractivity contribution in [3.8, 4) is 0 Å². The summed E-state index contributed by atoms with van der Waals surface area (Å²) < 4.78 is 16.6. The number of alkyl carbamates (subject to hydrolysis) is 2. The van der Waals surface area contributed by atoms with Crippen molar-refractivity contribution >= 4 is 26.5 Å². The van der Waals surface area contributed by atoms with Gasteiger partial charge < -0.3 is 19.0 Å². The van der Waals surface area contributed by atoms with Crippen molar-refractivity contribution in [1.82, 2.24) is 10.6 Å². The van der Waals surface area contributed by atoms with Crippen LogP contribution in [0.4, 0.5) is 9.59 Å². The van der Waals surface area contributed by atoms with E-state index >= 15 is 0 Å². The summed E-state index contributed by atoms with van der Waals surface area (Å²) in [5.41, 5.74) is -1.43. The number of aliphatic imine (C=N–C) groups is 1. The van der Waals surface area contributed by atoms with E-state index in [4.69, 9.17) is 13.9 Å². The number of rotatable bonds is 8. The molecule has 0 aromatic rings. The molecule has 9 nitrogen and oxygen atoms in total. The van der Waals surface area contributed by atoms with Gasteiger partial charge in [0.25, 0.3) is 0 Å². The summed E-state index contributed by atoms with van der Waals surface area (Å²) in [5.74, 6) is -0.140. The lowest BCUT2D eigenvalue weighted by atomic mass is 10.1. The van der Waals surface area contributed by atoms with Crippen LogP contribution in [0.25, 0.3) is 0 Å². The zero-order valence-corrected chi connectivity index (χ0v) is 23.5. The molecule has 0 aliphatic carbocycles. The van der Waals surface area contributed by atoms with Gasteiger partial charge >= 0.3 is 12.2 Å². The fraction of sp³-hybridized carbons (Fsp3) is 0.870. The molecular formula is C23H47N3O6Si. The summed E-state index contributed by atoms with van der Waals surface area (Å²) >= 11 is 0. The molecular weight excluding hydrogens is 442 g/mol. The molecule has 0 saturated heterocycles. The van der Waals surface area contributed by atoms with E-state index in [2.05, 4.69) is 49.5 Å². The van der Waals surface area contributed by atoms with Gasteiger partial charge in [-0.3, -0.25) is 10.6 Å². The second-order valence-corrected chi connectivity index (χ2v) is 16.5. The number of nitrogens with one attached hydrogen (secondary N) is 2. The minimum absolute atomic E-state index is 0.00399. The highest BCUT2D eigenvalue weighted by Gasteiger charge is 2.36. The third-order valence-electron chi connectivity index (χ3n) is 4.90. The van der Waals surface area contributed by atoms with E-state index in [9.17, 15) is 14.7 Å². The zero-order chi connectivity index (χ0) is 26.1. The fourth-order valence-corrected chi connectivity index (χ4v) is 3.31. The van der Waals surface area contributed by atoms with Crippen LogP contribution in [-0.4, -0.2) is 62.0 Å². The minimum atomic E-state index is -1.77. The van der Waals surface area contributed by atoms with E-state index in [1.54, 1.807) is 41.5 Å². The first kappa shape index (κ1) is 31.3. The number of nitrogens with zero attached hydrogens (tertiary/aromatic N) is 1. The Hall–Kier alpha value is -1.65. The number of guanidine groups is 1. The Morgan fingerprint density at radius 3 is 1.73 bits per heavy atom. The van der Waals surface area contributed by atoms with Crippen LogP contribution in [0.3, 0.4) is 0 Å². The predicted molar refractivity (Wildman–Crippen MR) is 134 cm³/mol. The van der Waals surface area contributed by atoms with E-state index in [-0.39, 0.29) is 17.5 Å². The molecule has 2 amide bonds. The monoisotopic (exact) mass is 489 g/mol. The lowest BCUT2D eigenvalue weighted by molar-refractivity contribution is 0.0544. The fourth-order valence-electron chi connectivity index (χ4n) is 2.22. The molecule has 194 valence electrons. The maximum absolute atomic E-state index is 12.1. The van der Waals surface area contributed by atoms with E-state index in [0.29, 0.717) is 13.0 Å². The van der Waals surface area contributed by atoms with Gasteiger partial charge in [-0.1, -0.05) is 20.8 Å². The zero-order valence-electron chi connectivity index (χ0n) is 22.5. The van der Waals surface area contributed by atoms with Crippen LogP contribution in [0.1, 0.15) is 81.6 Å². The number of hydrogen-bond donors (Lipinski definition) is 3. The Balaban J connectivity index is 4.79. The van der Waals surface area contributed by atoms with Crippen molar-refractivity contribution in [2.75, 3.05) is 13.2 Å². The number of hydrogen-bond acceptors (Lipinski definition) is 7. The van der Waals surface area contributed by atoms with Gasteiger partial charge in [-0.2, -0.15) is 0 Å². The predicted octanol–water partition coefficient (Wildman–Crippen LogP) is 4.94. The molecule has 0 rings (SSSR count). The van der Waals surface area contributed by atoms with E-state index in [1.165, 1.54) is 0 Å². The number of ether oxygens (including phenoxy) is 2. The Bertz CT molecular complexity index is 629. The molecule has 0 aliphatic rings. The van der Waals surface area contributed by atoms with Crippen molar-refractivity contribution in [3.05, 3.63) is 0 Å². The lowest BCUT2D eigenvalue weighted by Gasteiger charge is -2.36. The second-order valence-electron chi connectivity index (χ2n) is 11.7. The number of carbonyl (C=O) groups excluding carboxylic acids is 2. The molecule has 0 saturated carbocycles. The quantitative estimate of drug-likeness (QED) is 0.192. The number of aliphatic hydroxyl groups excluding tert-OH is 1. The Morgan fingerprint density at radius 1 is 0.879 bits per heavy atom. The summed E-state index contributed by atoms with van der Waals surface area (Å²) in [4.78, 5) is 28.3. The second kappa shape index (κ2) is 12.7. The maximum Gasteiger partial charge on any atom is 0.414 e. The number of aliphatic hydroxyl groups is 1. The summed E-state index contributed by atoms with van der Waals surface area (Å²) in [5, 5.41) is 15.3. The average Bonchev–Trinajstić information content (AvgIpc) is 2.54. The summed E-state index contributed by atoms with van der Waals surface area (Å²) in [6.07, 6.45) is -0.124. The van der Waals surface area contributed by atoms with Gasteiger partial charge in [-0.25, -0.2) is 14.6 Å². The summed E-state index contributed by atoms with van der Waals surface area (Å²) in [7, 11) is -1.77. The van der Waals surface area contributed by atoms with E-state index in [1.807, 2.05) is 0 Å². The van der Waals surface area contributed by atoms with Crippen LogP contribution in [0, 0.1) is 0 Å². The highest BCUT2D eigenvalue weighted by atomic mass is 28.4. The Morgan fingerprint density at radius 2 is 1.33 bits per heavy atom. The molecule has 0 radical (unpaired) electrons. The van der Waals surface area contributed by atoms with Crippen LogP contribution >= 0.6 is 0 Å². The summed E-state index contributed by atoms with van der Waals surface area (Å²) in [6, 6.07) is 0. The van der Waals surface area contributed by atoms with Crippen LogP contribution < -0.4 is 10.6 Å². The standard InChI is InChI=1S/C23H47N3O6Si/c1-21(2,3)31-19(28)25-18(26-20(29)32-22(4,5)6)24-16-17(27)14-12-13-15-30-33(10,11)23(7,8)9/h17,27H,12-16H2,1-11H3,(H2,24,25,26,28,29). The SMILES string of the molecule is CC(C)(C)OC(=O)NC(=NCC(O)CCCCO[Si](C)(C)C(C)(C)C)NC(=O)OC(C)(C)C. The molecule has 3 N–H and O–H groups in total. The molecule has 0 fully saturated rings. The highest BCUT2D eigenvalue weighted by Crippen LogP contribution is 2.36. The molecule has 10 heteroatoms. The molecule has 0 spiro atoms. The van der Waals surface area contributed by atoms with E-state index in [0.717, 1.165) is 12.8 Å². The van der Waals surface area contributed by atoms with E-state index < -0.39 is 37.8 Å². The molecule has 1 atom stereocenters. The first-order valence-corrected chi connectivity index (χ1v) is 14.5. The smallest absolute Gasteiger partial charge is 0.414 e. The Kier molecular flexibility index (Phi) is 12.1. The van der Waals surface area contributed by atoms with Crippen LogP contribution in [0.2, 0.25) is 18.1 Å². The number of carbonyl (C=O) groups is 2. The summed E-state index contributed by atoms with van der Waals surface area (Å²) in [6.45, 7) is 22.1. The number of amides is 2. The third kappa shape index (κ3) is 15.8. The molecule has 0 aromatic carbocycles. The van der Waals surface area contributed by atoms with Crippen molar-refractivity contribution in [3.63, 3.8) is 0 Å². The van der Waals surface area contributed by atoms with Gasteiger partial charge in [0.1, 0.15) is 11.2 Å². The van der Waals surface area contributed by atoms with Gasteiger partial charge in [0.05, 0.1) is 12.6 Å². The molecule has 0 bridgehead atoms. The van der Waals surface area contributed by atoms with Gasteiger partial charge in [-0.05, 0) is 78.9 Å². The average molecular weight is 490 g/mol. The topological polar surface area (TPSA) is 118 Å². The van der Waals surface area contributed by atoms with Crippen molar-refractivity contribution in [2.24, 2.45) is 4.99 Å². The molecule has 33 heavy (non-hydrogen) atoms.